The zero-order chi connectivity index (χ0) is 14.7. The molecule has 0 radical (unpaired) electrons. The van der Waals surface area contributed by atoms with E-state index in [0.29, 0.717) is 12.1 Å². The molecule has 1 aromatic heterocycles. The molecule has 114 valence electrons. The molecule has 1 aliphatic heterocycles. The standard InChI is InChI=1S/C15H27ClN4/c1-5-7-12-8-17-11(3)9-20(12)10-14-15(16)13(6-2)18-19(14)4/h11-12,17H,5-10H2,1-4H3. The number of piperazine rings is 1. The molecule has 0 aromatic carbocycles. The number of aromatic nitrogens is 2. The van der Waals surface area contributed by atoms with Gasteiger partial charge in [-0.1, -0.05) is 31.9 Å². The Labute approximate surface area is 127 Å². The average Bonchev–Trinajstić information content (AvgIpc) is 2.69. The zero-order valence-electron chi connectivity index (χ0n) is 13.1. The highest BCUT2D eigenvalue weighted by molar-refractivity contribution is 6.31. The Hall–Kier alpha value is -0.580. The summed E-state index contributed by atoms with van der Waals surface area (Å²) >= 11 is 6.48. The Kier molecular flexibility index (Phi) is 5.47. The van der Waals surface area contributed by atoms with Gasteiger partial charge in [0.25, 0.3) is 0 Å². The second-order valence-corrected chi connectivity index (χ2v) is 6.24. The van der Waals surface area contributed by atoms with Crippen molar-refractivity contribution < 1.29 is 0 Å². The molecule has 1 N–H and O–H groups in total. The van der Waals surface area contributed by atoms with Gasteiger partial charge in [0.2, 0.25) is 0 Å². The smallest absolute Gasteiger partial charge is 0.0863 e. The van der Waals surface area contributed by atoms with E-state index in [1.165, 1.54) is 12.8 Å². The van der Waals surface area contributed by atoms with Crippen LogP contribution in [0.15, 0.2) is 0 Å². The molecule has 2 rings (SSSR count). The molecule has 5 heteroatoms. The Morgan fingerprint density at radius 2 is 2.15 bits per heavy atom. The highest BCUT2D eigenvalue weighted by Gasteiger charge is 2.27. The molecule has 1 aliphatic rings. The SMILES string of the molecule is CCCC1CNC(C)CN1Cc1c(Cl)c(CC)nn1C. The molecule has 1 saturated heterocycles. The Bertz CT molecular complexity index is 443. The minimum Gasteiger partial charge on any atom is -0.311 e. The molecule has 2 heterocycles. The van der Waals surface area contributed by atoms with Crippen LogP contribution in [0.5, 0.6) is 0 Å². The van der Waals surface area contributed by atoms with E-state index in [9.17, 15) is 0 Å². The van der Waals surface area contributed by atoms with Gasteiger partial charge >= 0.3 is 0 Å². The van der Waals surface area contributed by atoms with E-state index >= 15 is 0 Å². The van der Waals surface area contributed by atoms with Crippen molar-refractivity contribution in [2.75, 3.05) is 13.1 Å². The van der Waals surface area contributed by atoms with Crippen LogP contribution >= 0.6 is 11.6 Å². The van der Waals surface area contributed by atoms with Gasteiger partial charge in [-0.3, -0.25) is 9.58 Å². The summed E-state index contributed by atoms with van der Waals surface area (Å²) in [4.78, 5) is 2.56. The second-order valence-electron chi connectivity index (χ2n) is 5.87. The largest absolute Gasteiger partial charge is 0.311 e. The van der Waals surface area contributed by atoms with Crippen LogP contribution in [-0.2, 0) is 20.0 Å². The minimum absolute atomic E-state index is 0.542. The predicted octanol–water partition coefficient (Wildman–Crippen LogP) is 2.60. The molecular formula is C15H27ClN4. The van der Waals surface area contributed by atoms with Gasteiger partial charge < -0.3 is 5.32 Å². The topological polar surface area (TPSA) is 33.1 Å². The maximum absolute atomic E-state index is 6.48. The summed E-state index contributed by atoms with van der Waals surface area (Å²) in [5.41, 5.74) is 2.16. The summed E-state index contributed by atoms with van der Waals surface area (Å²) in [6.45, 7) is 9.66. The van der Waals surface area contributed by atoms with E-state index in [-0.39, 0.29) is 0 Å². The second kappa shape index (κ2) is 6.92. The average molecular weight is 299 g/mol. The van der Waals surface area contributed by atoms with E-state index in [0.717, 1.165) is 42.5 Å². The van der Waals surface area contributed by atoms with Gasteiger partial charge in [-0.05, 0) is 19.8 Å². The van der Waals surface area contributed by atoms with Gasteiger partial charge in [0.1, 0.15) is 0 Å². The number of hydrogen-bond donors (Lipinski definition) is 1. The first-order valence-electron chi connectivity index (χ1n) is 7.74. The molecule has 0 amide bonds. The summed E-state index contributed by atoms with van der Waals surface area (Å²) in [5.74, 6) is 0. The minimum atomic E-state index is 0.542. The Morgan fingerprint density at radius 1 is 1.40 bits per heavy atom. The fourth-order valence-corrected chi connectivity index (χ4v) is 3.38. The van der Waals surface area contributed by atoms with Crippen molar-refractivity contribution in [3.63, 3.8) is 0 Å². The van der Waals surface area contributed by atoms with Gasteiger partial charge in [0.15, 0.2) is 0 Å². The normalized spacial score (nSPS) is 24.2. The van der Waals surface area contributed by atoms with Crippen molar-refractivity contribution in [2.24, 2.45) is 7.05 Å². The van der Waals surface area contributed by atoms with Crippen LogP contribution in [0, 0.1) is 0 Å². The Morgan fingerprint density at radius 3 is 2.75 bits per heavy atom. The highest BCUT2D eigenvalue weighted by atomic mass is 35.5. The summed E-state index contributed by atoms with van der Waals surface area (Å²) in [5, 5.41) is 8.97. The van der Waals surface area contributed by atoms with Gasteiger partial charge in [-0.2, -0.15) is 5.10 Å². The monoisotopic (exact) mass is 298 g/mol. The fraction of sp³-hybridized carbons (Fsp3) is 0.800. The summed E-state index contributed by atoms with van der Waals surface area (Å²) < 4.78 is 1.96. The maximum Gasteiger partial charge on any atom is 0.0863 e. The molecular weight excluding hydrogens is 272 g/mol. The number of aryl methyl sites for hydroxylation is 2. The molecule has 2 atom stereocenters. The predicted molar refractivity (Wildman–Crippen MR) is 84.2 cm³/mol. The molecule has 20 heavy (non-hydrogen) atoms. The molecule has 0 aliphatic carbocycles. The molecule has 2 unspecified atom stereocenters. The maximum atomic E-state index is 6.48. The van der Waals surface area contributed by atoms with Gasteiger partial charge in [0.05, 0.1) is 16.4 Å². The van der Waals surface area contributed by atoms with Gasteiger partial charge in [0, 0.05) is 38.8 Å². The third-order valence-corrected chi connectivity index (χ3v) is 4.64. The van der Waals surface area contributed by atoms with Gasteiger partial charge in [-0.15, -0.1) is 0 Å². The summed E-state index contributed by atoms with van der Waals surface area (Å²) in [6, 6.07) is 1.15. The number of rotatable bonds is 5. The molecule has 0 bridgehead atoms. The quantitative estimate of drug-likeness (QED) is 0.907. The van der Waals surface area contributed by atoms with E-state index in [4.69, 9.17) is 11.6 Å². The number of hydrogen-bond acceptors (Lipinski definition) is 3. The van der Waals surface area contributed by atoms with E-state index in [1.54, 1.807) is 0 Å². The van der Waals surface area contributed by atoms with E-state index < -0.39 is 0 Å². The van der Waals surface area contributed by atoms with Crippen LogP contribution in [0.4, 0.5) is 0 Å². The summed E-state index contributed by atoms with van der Waals surface area (Å²) in [7, 11) is 2.00. The first kappa shape index (κ1) is 15.8. The first-order valence-corrected chi connectivity index (χ1v) is 8.12. The van der Waals surface area contributed by atoms with Crippen molar-refractivity contribution in [3.05, 3.63) is 16.4 Å². The number of nitrogens with zero attached hydrogens (tertiary/aromatic N) is 3. The third-order valence-electron chi connectivity index (χ3n) is 4.20. The lowest BCUT2D eigenvalue weighted by Crippen LogP contribution is -2.55. The fourth-order valence-electron chi connectivity index (χ4n) is 3.03. The van der Waals surface area contributed by atoms with Crippen LogP contribution in [0.3, 0.4) is 0 Å². The third kappa shape index (κ3) is 3.35. The van der Waals surface area contributed by atoms with Crippen molar-refractivity contribution in [2.45, 2.75) is 58.7 Å². The molecule has 1 fully saturated rings. The van der Waals surface area contributed by atoms with Gasteiger partial charge in [-0.25, -0.2) is 0 Å². The van der Waals surface area contributed by atoms with E-state index in [2.05, 4.69) is 36.1 Å². The molecule has 1 aromatic rings. The Balaban J connectivity index is 2.15. The lowest BCUT2D eigenvalue weighted by Gasteiger charge is -2.39. The van der Waals surface area contributed by atoms with Crippen LogP contribution in [0.1, 0.15) is 45.0 Å². The number of nitrogens with one attached hydrogen (secondary N) is 1. The first-order chi connectivity index (χ1) is 9.56. The van der Waals surface area contributed by atoms with Crippen molar-refractivity contribution >= 4 is 11.6 Å². The van der Waals surface area contributed by atoms with Crippen molar-refractivity contribution in [3.8, 4) is 0 Å². The van der Waals surface area contributed by atoms with Crippen LogP contribution in [0.25, 0.3) is 0 Å². The van der Waals surface area contributed by atoms with Crippen molar-refractivity contribution in [1.29, 1.82) is 0 Å². The summed E-state index contributed by atoms with van der Waals surface area (Å²) in [6.07, 6.45) is 3.34. The molecule has 0 saturated carbocycles. The highest BCUT2D eigenvalue weighted by Crippen LogP contribution is 2.24. The van der Waals surface area contributed by atoms with Crippen LogP contribution < -0.4 is 5.32 Å². The lowest BCUT2D eigenvalue weighted by atomic mass is 10.0. The molecule has 4 nitrogen and oxygen atoms in total. The zero-order valence-corrected chi connectivity index (χ0v) is 13.9. The van der Waals surface area contributed by atoms with Crippen molar-refractivity contribution in [1.82, 2.24) is 20.0 Å². The van der Waals surface area contributed by atoms with E-state index in [1.807, 2.05) is 11.7 Å². The van der Waals surface area contributed by atoms with Crippen LogP contribution in [-0.4, -0.2) is 39.9 Å². The number of halogens is 1. The lowest BCUT2D eigenvalue weighted by molar-refractivity contribution is 0.117. The molecule has 0 spiro atoms. The van der Waals surface area contributed by atoms with Crippen LogP contribution in [0.2, 0.25) is 5.02 Å².